The second kappa shape index (κ2) is 9.47. The van der Waals surface area contributed by atoms with Crippen LogP contribution >= 0.6 is 11.8 Å². The molecule has 4 rings (SSSR count). The van der Waals surface area contributed by atoms with E-state index in [0.29, 0.717) is 5.69 Å². The Hall–Kier alpha value is -3.63. The van der Waals surface area contributed by atoms with Crippen LogP contribution in [0.2, 0.25) is 0 Å². The van der Waals surface area contributed by atoms with Crippen LogP contribution in [0.3, 0.4) is 0 Å². The maximum Gasteiger partial charge on any atom is 0.322 e. The number of anilines is 2. The van der Waals surface area contributed by atoms with Gasteiger partial charge in [0.25, 0.3) is 15.9 Å². The van der Waals surface area contributed by atoms with Crippen LogP contribution in [-0.4, -0.2) is 37.8 Å². The van der Waals surface area contributed by atoms with Crippen molar-refractivity contribution in [1.29, 1.82) is 0 Å². The van der Waals surface area contributed by atoms with Crippen LogP contribution in [0.15, 0.2) is 93.1 Å². The lowest BCUT2D eigenvalue weighted by atomic mass is 10.2. The average Bonchev–Trinajstić information content (AvgIpc) is 3.32. The fourth-order valence-corrected chi connectivity index (χ4v) is 4.68. The molecule has 0 saturated carbocycles. The molecule has 4 aromatic rings. The minimum atomic E-state index is -3.77. The van der Waals surface area contributed by atoms with E-state index in [2.05, 4.69) is 15.5 Å². The van der Waals surface area contributed by atoms with E-state index in [0.717, 1.165) is 10.5 Å². The molecule has 10 heteroatoms. The molecule has 1 heterocycles. The second-order valence-corrected chi connectivity index (χ2v) is 9.78. The highest BCUT2D eigenvalue weighted by atomic mass is 32.2. The number of amides is 1. The number of sulfonamides is 1. The normalized spacial score (nSPS) is 11.2. The van der Waals surface area contributed by atoms with Crippen LogP contribution < -0.4 is 9.62 Å². The predicted octanol–water partition coefficient (Wildman–Crippen LogP) is 4.54. The van der Waals surface area contributed by atoms with Gasteiger partial charge in [-0.3, -0.25) is 14.4 Å². The number of thioether (sulfide) groups is 1. The molecule has 33 heavy (non-hydrogen) atoms. The molecule has 0 fully saturated rings. The standard InChI is InChI=1S/C23H20N4O4S2/c1-27(18-8-4-3-5-9-18)33(29,30)20-13-11-16(12-14-20)21(28)24-23-26-25-22(31-23)17-7-6-10-19(15-17)32-2/h3-15H,1-2H3,(H,24,26,28). The van der Waals surface area contributed by atoms with Crippen LogP contribution in [0, 0.1) is 0 Å². The van der Waals surface area contributed by atoms with Crippen molar-refractivity contribution in [3.63, 3.8) is 0 Å². The smallest absolute Gasteiger partial charge is 0.322 e. The van der Waals surface area contributed by atoms with Gasteiger partial charge in [-0.2, -0.15) is 0 Å². The van der Waals surface area contributed by atoms with Crippen molar-refractivity contribution < 1.29 is 17.6 Å². The van der Waals surface area contributed by atoms with Crippen LogP contribution in [0.25, 0.3) is 11.5 Å². The van der Waals surface area contributed by atoms with Gasteiger partial charge in [-0.05, 0) is 60.9 Å². The van der Waals surface area contributed by atoms with E-state index in [4.69, 9.17) is 4.42 Å². The number of benzene rings is 3. The van der Waals surface area contributed by atoms with E-state index in [9.17, 15) is 13.2 Å². The van der Waals surface area contributed by atoms with Gasteiger partial charge in [-0.15, -0.1) is 16.9 Å². The molecular formula is C23H20N4O4S2. The summed E-state index contributed by atoms with van der Waals surface area (Å²) in [5.74, 6) is -0.213. The molecule has 0 spiro atoms. The lowest BCUT2D eigenvalue weighted by Crippen LogP contribution is -2.26. The van der Waals surface area contributed by atoms with Gasteiger partial charge in [0, 0.05) is 23.1 Å². The summed E-state index contributed by atoms with van der Waals surface area (Å²) in [4.78, 5) is 13.7. The lowest BCUT2D eigenvalue weighted by Gasteiger charge is -2.19. The minimum absolute atomic E-state index is 0.0509. The van der Waals surface area contributed by atoms with Gasteiger partial charge in [0.15, 0.2) is 0 Å². The van der Waals surface area contributed by atoms with Crippen molar-refractivity contribution in [1.82, 2.24) is 10.2 Å². The molecule has 0 radical (unpaired) electrons. The van der Waals surface area contributed by atoms with Gasteiger partial charge < -0.3 is 4.42 Å². The number of carbonyl (C=O) groups is 1. The molecule has 0 aliphatic heterocycles. The van der Waals surface area contributed by atoms with Gasteiger partial charge in [0.2, 0.25) is 5.89 Å². The largest absolute Gasteiger partial charge is 0.403 e. The minimum Gasteiger partial charge on any atom is -0.403 e. The third-order valence-corrected chi connectivity index (χ3v) is 7.38. The molecule has 0 atom stereocenters. The Kier molecular flexibility index (Phi) is 6.47. The van der Waals surface area contributed by atoms with E-state index in [1.165, 1.54) is 35.6 Å². The van der Waals surface area contributed by atoms with Crippen LogP contribution in [-0.2, 0) is 10.0 Å². The molecular weight excluding hydrogens is 460 g/mol. The zero-order chi connectivity index (χ0) is 23.4. The molecule has 0 aliphatic rings. The fraction of sp³-hybridized carbons (Fsp3) is 0.0870. The fourth-order valence-electron chi connectivity index (χ4n) is 3.03. The van der Waals surface area contributed by atoms with Crippen LogP contribution in [0.1, 0.15) is 10.4 Å². The third kappa shape index (κ3) is 4.91. The Balaban J connectivity index is 1.47. The zero-order valence-corrected chi connectivity index (χ0v) is 19.4. The first kappa shape index (κ1) is 22.6. The van der Waals surface area contributed by atoms with E-state index in [1.54, 1.807) is 36.0 Å². The molecule has 0 aliphatic carbocycles. The number of carbonyl (C=O) groups excluding carboxylic acids is 1. The van der Waals surface area contributed by atoms with Crippen LogP contribution in [0.5, 0.6) is 0 Å². The van der Waals surface area contributed by atoms with E-state index in [1.807, 2.05) is 36.6 Å². The van der Waals surface area contributed by atoms with E-state index in [-0.39, 0.29) is 22.4 Å². The highest BCUT2D eigenvalue weighted by Gasteiger charge is 2.22. The Morgan fingerprint density at radius 2 is 1.70 bits per heavy atom. The molecule has 168 valence electrons. The highest BCUT2D eigenvalue weighted by molar-refractivity contribution is 7.98. The number of rotatable bonds is 7. The van der Waals surface area contributed by atoms with Crippen molar-refractivity contribution in [3.05, 3.63) is 84.4 Å². The average molecular weight is 481 g/mol. The Labute approximate surface area is 195 Å². The monoisotopic (exact) mass is 480 g/mol. The summed E-state index contributed by atoms with van der Waals surface area (Å²) < 4.78 is 32.5. The summed E-state index contributed by atoms with van der Waals surface area (Å²) in [6.45, 7) is 0. The van der Waals surface area contributed by atoms with Crippen molar-refractivity contribution in [3.8, 4) is 11.5 Å². The topological polar surface area (TPSA) is 105 Å². The molecule has 1 N–H and O–H groups in total. The number of nitrogens with one attached hydrogen (secondary N) is 1. The number of para-hydroxylation sites is 1. The van der Waals surface area contributed by atoms with Gasteiger partial charge in [-0.1, -0.05) is 29.4 Å². The maximum absolute atomic E-state index is 12.9. The number of hydrogen-bond donors (Lipinski definition) is 1. The number of hydrogen-bond acceptors (Lipinski definition) is 7. The van der Waals surface area contributed by atoms with Crippen molar-refractivity contribution in [2.75, 3.05) is 22.9 Å². The Morgan fingerprint density at radius 3 is 2.39 bits per heavy atom. The summed E-state index contributed by atoms with van der Waals surface area (Å²) >= 11 is 1.59. The first-order chi connectivity index (χ1) is 15.9. The highest BCUT2D eigenvalue weighted by Crippen LogP contribution is 2.25. The molecule has 1 aromatic heterocycles. The van der Waals surface area contributed by atoms with Gasteiger partial charge in [0.05, 0.1) is 10.6 Å². The first-order valence-electron chi connectivity index (χ1n) is 9.82. The summed E-state index contributed by atoms with van der Waals surface area (Å²) in [5, 5.41) is 10.4. The molecule has 0 unspecified atom stereocenters. The summed E-state index contributed by atoms with van der Waals surface area (Å²) in [6, 6.07) is 21.9. The van der Waals surface area contributed by atoms with Gasteiger partial charge >= 0.3 is 6.01 Å². The van der Waals surface area contributed by atoms with Crippen molar-refractivity contribution >= 4 is 39.4 Å². The van der Waals surface area contributed by atoms with Crippen molar-refractivity contribution in [2.45, 2.75) is 9.79 Å². The molecule has 3 aromatic carbocycles. The number of nitrogens with zero attached hydrogens (tertiary/aromatic N) is 3. The van der Waals surface area contributed by atoms with E-state index < -0.39 is 15.9 Å². The SMILES string of the molecule is CSc1cccc(-c2nnc(NC(=O)c3ccc(S(=O)(=O)N(C)c4ccccc4)cc3)o2)c1. The Bertz CT molecular complexity index is 1370. The Morgan fingerprint density at radius 1 is 0.970 bits per heavy atom. The first-order valence-corrected chi connectivity index (χ1v) is 12.5. The lowest BCUT2D eigenvalue weighted by molar-refractivity contribution is 0.102. The predicted molar refractivity (Wildman–Crippen MR) is 128 cm³/mol. The van der Waals surface area contributed by atoms with Gasteiger partial charge in [0.1, 0.15) is 0 Å². The summed E-state index contributed by atoms with van der Waals surface area (Å²) in [5.41, 5.74) is 1.53. The maximum atomic E-state index is 12.9. The summed E-state index contributed by atoms with van der Waals surface area (Å²) in [6.07, 6.45) is 1.97. The molecule has 0 bridgehead atoms. The molecule has 1 amide bonds. The summed E-state index contributed by atoms with van der Waals surface area (Å²) in [7, 11) is -2.29. The second-order valence-electron chi connectivity index (χ2n) is 6.93. The van der Waals surface area contributed by atoms with Crippen LogP contribution in [0.4, 0.5) is 11.7 Å². The van der Waals surface area contributed by atoms with E-state index >= 15 is 0 Å². The molecule has 0 saturated heterocycles. The molecule has 8 nitrogen and oxygen atoms in total. The zero-order valence-electron chi connectivity index (χ0n) is 17.8. The number of aromatic nitrogens is 2. The quantitative estimate of drug-likeness (QED) is 0.387. The third-order valence-electron chi connectivity index (χ3n) is 4.86. The van der Waals surface area contributed by atoms with Crippen molar-refractivity contribution in [2.24, 2.45) is 0 Å². The van der Waals surface area contributed by atoms with Gasteiger partial charge in [-0.25, -0.2) is 8.42 Å².